The van der Waals surface area contributed by atoms with Gasteiger partial charge in [0.05, 0.1) is 23.3 Å². The van der Waals surface area contributed by atoms with Gasteiger partial charge in [-0.2, -0.15) is 0 Å². The minimum Gasteiger partial charge on any atom is -0.496 e. The molecular formula is C19H15N5O3S2. The number of H-pyrrole nitrogens is 1. The summed E-state index contributed by atoms with van der Waals surface area (Å²) in [6.07, 6.45) is 0. The van der Waals surface area contributed by atoms with E-state index in [1.807, 2.05) is 35.7 Å². The average molecular weight is 425 g/mol. The Hall–Kier alpha value is -3.37. The van der Waals surface area contributed by atoms with Gasteiger partial charge >= 0.3 is 5.97 Å². The van der Waals surface area contributed by atoms with Crippen molar-refractivity contribution in [1.82, 2.24) is 20.6 Å². The molecule has 2 aromatic heterocycles. The Bertz CT molecular complexity index is 1130. The van der Waals surface area contributed by atoms with Crippen LogP contribution in [-0.4, -0.2) is 38.8 Å². The summed E-state index contributed by atoms with van der Waals surface area (Å²) in [5.74, 6) is 0.149. The number of methoxy groups -OCH3 is 1. The van der Waals surface area contributed by atoms with Gasteiger partial charge in [0.15, 0.2) is 5.82 Å². The predicted molar refractivity (Wildman–Crippen MR) is 112 cm³/mol. The minimum absolute atomic E-state index is 0.190. The summed E-state index contributed by atoms with van der Waals surface area (Å²) < 4.78 is 8.70. The number of aromatic nitrogens is 4. The van der Waals surface area contributed by atoms with Gasteiger partial charge in [0.1, 0.15) is 5.75 Å². The highest BCUT2D eigenvalue weighted by Gasteiger charge is 2.14. The lowest BCUT2D eigenvalue weighted by molar-refractivity contribution is 0.0696. The molecule has 0 spiro atoms. The molecule has 29 heavy (non-hydrogen) atoms. The number of carboxylic acid groups (broad SMARTS) is 1. The van der Waals surface area contributed by atoms with E-state index in [-0.39, 0.29) is 5.56 Å². The number of carbonyl (C=O) groups is 1. The number of thiophene rings is 1. The summed E-state index contributed by atoms with van der Waals surface area (Å²) in [5.41, 5.74) is 2.87. The summed E-state index contributed by atoms with van der Waals surface area (Å²) in [5, 5.41) is 25.3. The number of rotatable bonds is 7. The van der Waals surface area contributed by atoms with Crippen LogP contribution in [0.4, 0.5) is 5.69 Å². The van der Waals surface area contributed by atoms with Gasteiger partial charge in [0, 0.05) is 16.0 Å². The molecule has 4 rings (SSSR count). The first-order chi connectivity index (χ1) is 14.2. The number of hydrogen-bond acceptors (Lipinski definition) is 8. The number of nitrogens with one attached hydrogen (secondary N) is 2. The van der Waals surface area contributed by atoms with Gasteiger partial charge in [0.25, 0.3) is 0 Å². The molecule has 0 aliphatic heterocycles. The van der Waals surface area contributed by atoms with E-state index in [4.69, 9.17) is 4.74 Å². The Balaban J connectivity index is 1.69. The summed E-state index contributed by atoms with van der Waals surface area (Å²) in [7, 11) is 1.55. The van der Waals surface area contributed by atoms with Gasteiger partial charge in [0.2, 0.25) is 0 Å². The van der Waals surface area contributed by atoms with E-state index < -0.39 is 5.97 Å². The number of benzene rings is 2. The van der Waals surface area contributed by atoms with Gasteiger partial charge in [-0.1, -0.05) is 18.2 Å². The van der Waals surface area contributed by atoms with Crippen LogP contribution in [0.15, 0.2) is 58.8 Å². The van der Waals surface area contributed by atoms with Crippen LogP contribution in [0.1, 0.15) is 10.4 Å². The van der Waals surface area contributed by atoms with Crippen molar-refractivity contribution in [2.24, 2.45) is 0 Å². The maximum Gasteiger partial charge on any atom is 0.335 e. The zero-order valence-corrected chi connectivity index (χ0v) is 16.8. The number of aromatic amines is 1. The highest BCUT2D eigenvalue weighted by Crippen LogP contribution is 2.38. The SMILES string of the molecule is COc1ccc(C(=O)O)cc1SNc1cc(-c2nnn[nH]2)ccc1-c1cccs1. The molecule has 3 N–H and O–H groups in total. The van der Waals surface area contributed by atoms with Gasteiger partial charge in [-0.05, 0) is 58.1 Å². The van der Waals surface area contributed by atoms with Crippen LogP contribution in [0.25, 0.3) is 21.8 Å². The second kappa shape index (κ2) is 8.33. The number of aromatic carboxylic acids is 1. The van der Waals surface area contributed by atoms with Crippen molar-refractivity contribution in [2.75, 3.05) is 11.8 Å². The molecule has 0 radical (unpaired) electrons. The molecule has 0 bridgehead atoms. The third-order valence-corrected chi connectivity index (χ3v) is 5.87. The van der Waals surface area contributed by atoms with Crippen LogP contribution >= 0.6 is 23.3 Å². The van der Waals surface area contributed by atoms with E-state index in [1.54, 1.807) is 30.6 Å². The van der Waals surface area contributed by atoms with Gasteiger partial charge < -0.3 is 14.6 Å². The fourth-order valence-electron chi connectivity index (χ4n) is 2.70. The molecule has 10 heteroatoms. The van der Waals surface area contributed by atoms with E-state index in [2.05, 4.69) is 25.3 Å². The third-order valence-electron chi connectivity index (χ3n) is 4.11. The molecule has 8 nitrogen and oxygen atoms in total. The van der Waals surface area contributed by atoms with Crippen molar-refractivity contribution in [3.63, 3.8) is 0 Å². The van der Waals surface area contributed by atoms with Crippen molar-refractivity contribution < 1.29 is 14.6 Å². The van der Waals surface area contributed by atoms with E-state index in [9.17, 15) is 9.90 Å². The third kappa shape index (κ3) is 4.08. The van der Waals surface area contributed by atoms with Crippen LogP contribution < -0.4 is 9.46 Å². The average Bonchev–Trinajstić information content (AvgIpc) is 3.46. The first kappa shape index (κ1) is 19.0. The van der Waals surface area contributed by atoms with Gasteiger partial charge in [-0.25, -0.2) is 9.89 Å². The smallest absolute Gasteiger partial charge is 0.335 e. The fourth-order valence-corrected chi connectivity index (χ4v) is 4.30. The Morgan fingerprint density at radius 1 is 1.24 bits per heavy atom. The highest BCUT2D eigenvalue weighted by atomic mass is 32.2. The molecule has 0 atom stereocenters. The van der Waals surface area contributed by atoms with E-state index >= 15 is 0 Å². The molecule has 0 unspecified atom stereocenters. The number of tetrazole rings is 1. The summed E-state index contributed by atoms with van der Waals surface area (Å²) in [4.78, 5) is 13.1. The lowest BCUT2D eigenvalue weighted by Gasteiger charge is -2.14. The normalized spacial score (nSPS) is 10.7. The molecule has 0 aliphatic carbocycles. The maximum absolute atomic E-state index is 11.3. The Kier molecular flexibility index (Phi) is 5.45. The first-order valence-electron chi connectivity index (χ1n) is 8.42. The summed E-state index contributed by atoms with van der Waals surface area (Å²) in [6, 6.07) is 14.6. The molecule has 0 amide bonds. The highest BCUT2D eigenvalue weighted by molar-refractivity contribution is 8.00. The van der Waals surface area contributed by atoms with E-state index in [0.29, 0.717) is 16.5 Å². The molecule has 0 saturated carbocycles. The second-order valence-electron chi connectivity index (χ2n) is 5.86. The topological polar surface area (TPSA) is 113 Å². The standard InChI is InChI=1S/C19H15N5O3S2/c1-27-15-7-5-12(19(25)26)10-17(15)29-22-14-9-11(18-20-23-24-21-18)4-6-13(14)16-3-2-8-28-16/h2-10,22H,1H3,(H,25,26)(H,20,21,23,24). The Labute approximate surface area is 174 Å². The number of carboxylic acids is 1. The number of ether oxygens (including phenoxy) is 1. The molecule has 146 valence electrons. The Morgan fingerprint density at radius 2 is 2.14 bits per heavy atom. The van der Waals surface area contributed by atoms with Crippen LogP contribution in [0.2, 0.25) is 0 Å². The predicted octanol–water partition coefficient (Wildman–Crippen LogP) is 4.42. The number of nitrogens with zero attached hydrogens (tertiary/aromatic N) is 3. The van der Waals surface area contributed by atoms with Crippen molar-refractivity contribution in [1.29, 1.82) is 0 Å². The zero-order valence-electron chi connectivity index (χ0n) is 15.1. The molecule has 0 aliphatic rings. The number of hydrogen-bond donors (Lipinski definition) is 3. The van der Waals surface area contributed by atoms with Crippen molar-refractivity contribution in [2.45, 2.75) is 4.90 Å². The van der Waals surface area contributed by atoms with Gasteiger partial charge in [-0.3, -0.25) is 0 Å². The van der Waals surface area contributed by atoms with Crippen LogP contribution in [0.5, 0.6) is 5.75 Å². The Morgan fingerprint density at radius 3 is 2.83 bits per heavy atom. The number of anilines is 1. The van der Waals surface area contributed by atoms with Crippen molar-refractivity contribution in [3.8, 4) is 27.6 Å². The summed E-state index contributed by atoms with van der Waals surface area (Å²) in [6.45, 7) is 0. The van der Waals surface area contributed by atoms with E-state index in [1.165, 1.54) is 18.0 Å². The first-order valence-corrected chi connectivity index (χ1v) is 10.1. The lowest BCUT2D eigenvalue weighted by atomic mass is 10.1. The molecule has 2 aromatic carbocycles. The second-order valence-corrected chi connectivity index (χ2v) is 7.66. The fraction of sp³-hybridized carbons (Fsp3) is 0.0526. The van der Waals surface area contributed by atoms with Crippen molar-refractivity contribution in [3.05, 3.63) is 59.5 Å². The minimum atomic E-state index is -0.992. The molecule has 2 heterocycles. The molecular weight excluding hydrogens is 410 g/mol. The summed E-state index contributed by atoms with van der Waals surface area (Å²) >= 11 is 2.91. The maximum atomic E-state index is 11.3. The zero-order chi connectivity index (χ0) is 20.2. The van der Waals surface area contributed by atoms with E-state index in [0.717, 1.165) is 21.7 Å². The molecule has 0 saturated heterocycles. The molecule has 0 fully saturated rings. The van der Waals surface area contributed by atoms with Crippen LogP contribution in [-0.2, 0) is 0 Å². The van der Waals surface area contributed by atoms with Crippen LogP contribution in [0, 0.1) is 0 Å². The largest absolute Gasteiger partial charge is 0.496 e. The van der Waals surface area contributed by atoms with Crippen molar-refractivity contribution >= 4 is 34.9 Å². The quantitative estimate of drug-likeness (QED) is 0.373. The van der Waals surface area contributed by atoms with Crippen LogP contribution in [0.3, 0.4) is 0 Å². The molecule has 4 aromatic rings. The monoisotopic (exact) mass is 425 g/mol. The lowest BCUT2D eigenvalue weighted by Crippen LogP contribution is -1.99. The van der Waals surface area contributed by atoms with Gasteiger partial charge in [-0.15, -0.1) is 16.4 Å².